The van der Waals surface area contributed by atoms with Gasteiger partial charge >= 0.3 is 5.97 Å². The summed E-state index contributed by atoms with van der Waals surface area (Å²) in [4.78, 5) is 28.1. The summed E-state index contributed by atoms with van der Waals surface area (Å²) >= 11 is 0. The molecule has 276 valence electrons. The smallest absolute Gasteiger partial charge is 0.307 e. The Morgan fingerprint density at radius 3 is 2.09 bits per heavy atom. The Bertz CT molecular complexity index is 1940. The van der Waals surface area contributed by atoms with Crippen LogP contribution in [0.15, 0.2) is 102 Å². The molecular weight excluding hydrogens is 670 g/mol. The molecule has 10 heteroatoms. The van der Waals surface area contributed by atoms with Gasteiger partial charge in [-0.15, -0.1) is 0 Å². The lowest BCUT2D eigenvalue weighted by Gasteiger charge is -2.26. The molecule has 0 unspecified atom stereocenters. The van der Waals surface area contributed by atoms with Gasteiger partial charge in [-0.05, 0) is 46.7 Å². The van der Waals surface area contributed by atoms with E-state index in [2.05, 4.69) is 41.4 Å². The van der Waals surface area contributed by atoms with E-state index in [9.17, 15) is 9.59 Å². The number of hydrogen-bond donors (Lipinski definition) is 1. The van der Waals surface area contributed by atoms with Crippen LogP contribution in [0.4, 0.5) is 0 Å². The Hall–Kier alpha value is -5.45. The first-order valence-electron chi connectivity index (χ1n) is 18.2. The fourth-order valence-electron chi connectivity index (χ4n) is 6.21. The van der Waals surface area contributed by atoms with Crippen molar-refractivity contribution in [2.24, 2.45) is 0 Å². The van der Waals surface area contributed by atoms with Crippen molar-refractivity contribution >= 4 is 11.9 Å². The zero-order chi connectivity index (χ0) is 37.0. The molecule has 10 nitrogen and oxygen atoms in total. The molecule has 2 heterocycles. The molecule has 1 aliphatic heterocycles. The molecule has 53 heavy (non-hydrogen) atoms. The van der Waals surface area contributed by atoms with Crippen LogP contribution in [-0.2, 0) is 34.0 Å². The Kier molecular flexibility index (Phi) is 12.9. The summed E-state index contributed by atoms with van der Waals surface area (Å²) in [6, 6.07) is 32.0. The normalized spacial score (nSPS) is 13.1. The second-order valence-electron chi connectivity index (χ2n) is 13.2. The van der Waals surface area contributed by atoms with Crippen molar-refractivity contribution in [1.29, 1.82) is 0 Å². The van der Waals surface area contributed by atoms with E-state index in [1.165, 1.54) is 0 Å². The quantitative estimate of drug-likeness (QED) is 0.102. The summed E-state index contributed by atoms with van der Waals surface area (Å²) in [6.45, 7) is 11.0. The number of carbonyl (C=O) groups is 2. The van der Waals surface area contributed by atoms with Gasteiger partial charge in [0.2, 0.25) is 0 Å². The Morgan fingerprint density at radius 1 is 0.830 bits per heavy atom. The molecule has 6 rings (SSSR count). The molecule has 0 spiro atoms. The average Bonchev–Trinajstić information content (AvgIpc) is 3.63. The molecule has 1 amide bonds. The summed E-state index contributed by atoms with van der Waals surface area (Å²) in [5.41, 5.74) is 6.16. The number of nitrogens with zero attached hydrogens (tertiary/aromatic N) is 2. The standard InChI is InChI=1S/C43H47N3O7/c1-4-50-39(47)19-20-44-43(48)41-40(34-17-15-31(16-18-34)27-46-21-23-49-24-22-46)42(53-45-41)36-25-35(30(2)3)37(51-28-32-11-7-5-8-12-32)26-38(36)52-29-33-13-9-6-10-14-33/h5-18,25-26,30H,4,19-24,27-29H2,1-3H3,(H,44,48). The first-order valence-corrected chi connectivity index (χ1v) is 18.2. The van der Waals surface area contributed by atoms with Crippen molar-refractivity contribution in [3.63, 3.8) is 0 Å². The Labute approximate surface area is 311 Å². The average molecular weight is 718 g/mol. The van der Waals surface area contributed by atoms with E-state index in [0.29, 0.717) is 41.6 Å². The Morgan fingerprint density at radius 2 is 1.47 bits per heavy atom. The maximum Gasteiger partial charge on any atom is 0.307 e. The second kappa shape index (κ2) is 18.3. The minimum absolute atomic E-state index is 0.0372. The van der Waals surface area contributed by atoms with Crippen LogP contribution in [0.2, 0.25) is 0 Å². The van der Waals surface area contributed by atoms with Gasteiger partial charge in [0.1, 0.15) is 24.7 Å². The monoisotopic (exact) mass is 717 g/mol. The van der Waals surface area contributed by atoms with Crippen molar-refractivity contribution in [2.45, 2.75) is 52.9 Å². The number of benzene rings is 4. The van der Waals surface area contributed by atoms with Crippen LogP contribution in [0.3, 0.4) is 0 Å². The van der Waals surface area contributed by atoms with E-state index < -0.39 is 5.91 Å². The SMILES string of the molecule is CCOC(=O)CCNC(=O)c1noc(-c2cc(C(C)C)c(OCc3ccccc3)cc2OCc2ccccc2)c1-c1ccc(CN2CCOCC2)cc1. The number of esters is 1. The van der Waals surface area contributed by atoms with E-state index >= 15 is 0 Å². The molecule has 0 atom stereocenters. The molecule has 1 saturated heterocycles. The van der Waals surface area contributed by atoms with Gasteiger partial charge in [-0.1, -0.05) is 104 Å². The molecule has 0 bridgehead atoms. The van der Waals surface area contributed by atoms with Crippen LogP contribution >= 0.6 is 0 Å². The molecule has 1 aromatic heterocycles. The first-order chi connectivity index (χ1) is 25.9. The number of carbonyl (C=O) groups excluding carboxylic acids is 2. The number of nitrogens with one attached hydrogen (secondary N) is 1. The third-order valence-corrected chi connectivity index (χ3v) is 9.03. The van der Waals surface area contributed by atoms with Crippen molar-refractivity contribution in [3.05, 3.63) is 125 Å². The van der Waals surface area contributed by atoms with Crippen LogP contribution < -0.4 is 14.8 Å². The lowest BCUT2D eigenvalue weighted by molar-refractivity contribution is -0.142. The van der Waals surface area contributed by atoms with E-state index in [1.54, 1.807) is 6.92 Å². The zero-order valence-corrected chi connectivity index (χ0v) is 30.6. The van der Waals surface area contributed by atoms with Gasteiger partial charge in [0.15, 0.2) is 11.5 Å². The van der Waals surface area contributed by atoms with Crippen molar-refractivity contribution in [1.82, 2.24) is 15.4 Å². The number of hydrogen-bond acceptors (Lipinski definition) is 9. The first kappa shape index (κ1) is 37.3. The lowest BCUT2D eigenvalue weighted by atomic mass is 9.93. The maximum atomic E-state index is 13.7. The van der Waals surface area contributed by atoms with Gasteiger partial charge in [-0.2, -0.15) is 0 Å². The summed E-state index contributed by atoms with van der Waals surface area (Å²) in [6.07, 6.45) is 0.0372. The highest BCUT2D eigenvalue weighted by Crippen LogP contribution is 2.44. The van der Waals surface area contributed by atoms with Crippen LogP contribution in [-0.4, -0.2) is 61.4 Å². The zero-order valence-electron chi connectivity index (χ0n) is 30.6. The van der Waals surface area contributed by atoms with Crippen LogP contribution in [0, 0.1) is 0 Å². The van der Waals surface area contributed by atoms with E-state index in [1.807, 2.05) is 84.9 Å². The van der Waals surface area contributed by atoms with Crippen molar-refractivity contribution in [3.8, 4) is 33.9 Å². The summed E-state index contributed by atoms with van der Waals surface area (Å²) in [7, 11) is 0. The van der Waals surface area contributed by atoms with Gasteiger partial charge in [0.05, 0.1) is 37.4 Å². The largest absolute Gasteiger partial charge is 0.488 e. The summed E-state index contributed by atoms with van der Waals surface area (Å²) in [5.74, 6) is 0.842. The highest BCUT2D eigenvalue weighted by atomic mass is 16.5. The topological polar surface area (TPSA) is 112 Å². The number of aromatic nitrogens is 1. The molecule has 1 N–H and O–H groups in total. The molecule has 4 aromatic carbocycles. The number of morpholine rings is 1. The molecule has 1 aliphatic rings. The fourth-order valence-corrected chi connectivity index (χ4v) is 6.21. The van der Waals surface area contributed by atoms with Gasteiger partial charge < -0.3 is 28.8 Å². The summed E-state index contributed by atoms with van der Waals surface area (Å²) in [5, 5.41) is 7.17. The van der Waals surface area contributed by atoms with E-state index in [4.69, 9.17) is 23.5 Å². The van der Waals surface area contributed by atoms with Crippen LogP contribution in [0.5, 0.6) is 11.5 Å². The number of ether oxygens (including phenoxy) is 4. The third-order valence-electron chi connectivity index (χ3n) is 9.03. The maximum absolute atomic E-state index is 13.7. The Balaban J connectivity index is 1.41. The minimum Gasteiger partial charge on any atom is -0.488 e. The molecule has 0 aliphatic carbocycles. The van der Waals surface area contributed by atoms with Crippen molar-refractivity contribution in [2.75, 3.05) is 39.5 Å². The molecule has 0 saturated carbocycles. The van der Waals surface area contributed by atoms with Crippen molar-refractivity contribution < 1.29 is 33.1 Å². The van der Waals surface area contributed by atoms with Gasteiger partial charge in [-0.3, -0.25) is 14.5 Å². The van der Waals surface area contributed by atoms with E-state index in [0.717, 1.165) is 60.7 Å². The van der Waals surface area contributed by atoms with Crippen LogP contribution in [0.25, 0.3) is 22.5 Å². The predicted molar refractivity (Wildman–Crippen MR) is 203 cm³/mol. The molecule has 1 fully saturated rings. The molecule has 0 radical (unpaired) electrons. The molecule has 5 aromatic rings. The highest BCUT2D eigenvalue weighted by Gasteiger charge is 2.28. The van der Waals surface area contributed by atoms with Gasteiger partial charge in [-0.25, -0.2) is 0 Å². The fraction of sp³-hybridized carbons (Fsp3) is 0.326. The predicted octanol–water partition coefficient (Wildman–Crippen LogP) is 7.81. The lowest BCUT2D eigenvalue weighted by Crippen LogP contribution is -2.35. The number of rotatable bonds is 16. The van der Waals surface area contributed by atoms with Crippen LogP contribution in [0.1, 0.15) is 65.9 Å². The second-order valence-corrected chi connectivity index (χ2v) is 13.2. The van der Waals surface area contributed by atoms with Gasteiger partial charge in [0.25, 0.3) is 5.91 Å². The number of amides is 1. The molecular formula is C43H47N3O7. The van der Waals surface area contributed by atoms with E-state index in [-0.39, 0.29) is 37.2 Å². The highest BCUT2D eigenvalue weighted by molar-refractivity contribution is 6.02. The minimum atomic E-state index is -0.463. The summed E-state index contributed by atoms with van der Waals surface area (Å²) < 4.78 is 29.7. The van der Waals surface area contributed by atoms with Gasteiger partial charge in [0, 0.05) is 32.2 Å². The third kappa shape index (κ3) is 9.91.